The van der Waals surface area contributed by atoms with Crippen LogP contribution < -0.4 is 5.73 Å². The lowest BCUT2D eigenvalue weighted by Crippen LogP contribution is -1.97. The predicted molar refractivity (Wildman–Crippen MR) is 98.4 cm³/mol. The quantitative estimate of drug-likeness (QED) is 0.600. The maximum absolute atomic E-state index is 11.6. The molecule has 0 saturated heterocycles. The van der Waals surface area contributed by atoms with Crippen molar-refractivity contribution in [3.8, 4) is 22.8 Å². The molecular formula is C18H14N5O2S. The molecule has 26 heavy (non-hydrogen) atoms. The normalized spacial score (nSPS) is 11.7. The van der Waals surface area contributed by atoms with E-state index in [0.29, 0.717) is 22.8 Å². The van der Waals surface area contributed by atoms with Crippen molar-refractivity contribution >= 4 is 26.7 Å². The van der Waals surface area contributed by atoms with E-state index in [0.717, 1.165) is 17.3 Å². The lowest BCUT2D eigenvalue weighted by Gasteiger charge is -2.05. The first-order valence-electron chi connectivity index (χ1n) is 7.76. The molecule has 2 aromatic heterocycles. The topological polar surface area (TPSA) is 112 Å². The van der Waals surface area contributed by atoms with Gasteiger partial charge in [0.1, 0.15) is 0 Å². The summed E-state index contributed by atoms with van der Waals surface area (Å²) in [6.45, 7) is 0. The van der Waals surface area contributed by atoms with Gasteiger partial charge in [0.2, 0.25) is 0 Å². The standard InChI is InChI=1S/C18H14N5O2S/c1-26(24,25)12-8-6-11(7-9-12)15-10-20-17(19)16(21-15)18-22-13-4-2-3-5-14(13)23-18/h2-10,19H,1H3,(H,22,23). The van der Waals surface area contributed by atoms with Gasteiger partial charge in [-0.3, -0.25) is 5.73 Å². The molecule has 0 amide bonds. The molecule has 0 fully saturated rings. The molecule has 4 rings (SSSR count). The smallest absolute Gasteiger partial charge is 0.175 e. The Morgan fingerprint density at radius 3 is 2.42 bits per heavy atom. The van der Waals surface area contributed by atoms with E-state index in [-0.39, 0.29) is 10.7 Å². The van der Waals surface area contributed by atoms with Gasteiger partial charge in [0.25, 0.3) is 0 Å². The summed E-state index contributed by atoms with van der Waals surface area (Å²) in [6.07, 6.45) is 2.65. The zero-order chi connectivity index (χ0) is 18.3. The Morgan fingerprint density at radius 2 is 1.73 bits per heavy atom. The molecule has 0 aliphatic carbocycles. The molecule has 129 valence electrons. The number of aromatic nitrogens is 4. The monoisotopic (exact) mass is 364 g/mol. The Labute approximate surface area is 149 Å². The average molecular weight is 364 g/mol. The fraction of sp³-hybridized carbons (Fsp3) is 0.0556. The number of nitrogens with one attached hydrogen (secondary N) is 2. The van der Waals surface area contributed by atoms with E-state index in [4.69, 9.17) is 5.73 Å². The second-order valence-corrected chi connectivity index (χ2v) is 7.87. The third-order valence-electron chi connectivity index (χ3n) is 3.96. The van der Waals surface area contributed by atoms with Crippen LogP contribution in [0.5, 0.6) is 0 Å². The van der Waals surface area contributed by atoms with E-state index in [2.05, 4.69) is 19.9 Å². The van der Waals surface area contributed by atoms with E-state index in [1.807, 2.05) is 24.3 Å². The Balaban J connectivity index is 1.79. The van der Waals surface area contributed by atoms with Crippen molar-refractivity contribution in [2.75, 3.05) is 6.26 Å². The molecule has 2 aromatic carbocycles. The molecule has 4 aromatic rings. The number of rotatable bonds is 3. The molecule has 8 heteroatoms. The lowest BCUT2D eigenvalue weighted by molar-refractivity contribution is 0.602. The Kier molecular flexibility index (Phi) is 3.69. The van der Waals surface area contributed by atoms with Crippen LogP contribution in [-0.4, -0.2) is 34.6 Å². The average Bonchev–Trinajstić information content (AvgIpc) is 3.05. The predicted octanol–water partition coefficient (Wildman–Crippen LogP) is 3.00. The van der Waals surface area contributed by atoms with Crippen molar-refractivity contribution in [1.29, 1.82) is 0 Å². The molecule has 0 spiro atoms. The van der Waals surface area contributed by atoms with E-state index in [1.54, 1.807) is 12.1 Å². The number of para-hydroxylation sites is 2. The molecule has 2 N–H and O–H groups in total. The second kappa shape index (κ2) is 5.92. The first kappa shape index (κ1) is 16.2. The van der Waals surface area contributed by atoms with Crippen LogP contribution in [0, 0.1) is 0 Å². The number of fused-ring (bicyclic) bond motifs is 1. The number of H-pyrrole nitrogens is 1. The summed E-state index contributed by atoms with van der Waals surface area (Å²) in [7, 11) is -3.26. The van der Waals surface area contributed by atoms with Gasteiger partial charge in [-0.25, -0.2) is 23.4 Å². The van der Waals surface area contributed by atoms with Gasteiger partial charge < -0.3 is 4.98 Å². The number of nitrogens with zero attached hydrogens (tertiary/aromatic N) is 3. The number of hydrogen-bond acceptors (Lipinski definition) is 5. The summed E-state index contributed by atoms with van der Waals surface area (Å²) in [5, 5.41) is 0. The SMILES string of the molecule is CS(=O)(=O)c1ccc(-c2cnc([NH])c(-c3nc4ccccc4[nH]3)n2)cc1. The van der Waals surface area contributed by atoms with E-state index < -0.39 is 9.84 Å². The molecule has 2 heterocycles. The fourth-order valence-corrected chi connectivity index (χ4v) is 3.26. The fourth-order valence-electron chi connectivity index (χ4n) is 2.63. The van der Waals surface area contributed by atoms with Gasteiger partial charge in [-0.2, -0.15) is 0 Å². The summed E-state index contributed by atoms with van der Waals surface area (Å²) in [4.78, 5) is 16.5. The van der Waals surface area contributed by atoms with E-state index >= 15 is 0 Å². The molecule has 0 aliphatic heterocycles. The zero-order valence-corrected chi connectivity index (χ0v) is 14.6. The summed E-state index contributed by atoms with van der Waals surface area (Å²) < 4.78 is 23.2. The summed E-state index contributed by atoms with van der Waals surface area (Å²) >= 11 is 0. The van der Waals surface area contributed by atoms with Crippen molar-refractivity contribution in [3.05, 3.63) is 54.7 Å². The highest BCUT2D eigenvalue weighted by molar-refractivity contribution is 7.90. The number of benzene rings is 2. The Hall–Kier alpha value is -3.26. The van der Waals surface area contributed by atoms with Crippen LogP contribution in [0.4, 0.5) is 5.82 Å². The minimum absolute atomic E-state index is 0.0144. The Morgan fingerprint density at radius 1 is 1.00 bits per heavy atom. The molecule has 1 radical (unpaired) electrons. The van der Waals surface area contributed by atoms with Gasteiger partial charge >= 0.3 is 0 Å². The van der Waals surface area contributed by atoms with E-state index in [1.165, 1.54) is 18.3 Å². The van der Waals surface area contributed by atoms with Crippen LogP contribution >= 0.6 is 0 Å². The number of hydrogen-bond donors (Lipinski definition) is 1. The molecule has 7 nitrogen and oxygen atoms in total. The van der Waals surface area contributed by atoms with Crippen molar-refractivity contribution in [3.63, 3.8) is 0 Å². The first-order valence-corrected chi connectivity index (χ1v) is 9.65. The van der Waals surface area contributed by atoms with Gasteiger partial charge in [-0.1, -0.05) is 24.3 Å². The van der Waals surface area contributed by atoms with Gasteiger partial charge in [-0.15, -0.1) is 0 Å². The van der Waals surface area contributed by atoms with Crippen LogP contribution in [0.15, 0.2) is 59.6 Å². The van der Waals surface area contributed by atoms with Gasteiger partial charge in [0.05, 0.1) is 27.8 Å². The van der Waals surface area contributed by atoms with Crippen molar-refractivity contribution in [2.45, 2.75) is 4.90 Å². The van der Waals surface area contributed by atoms with Crippen molar-refractivity contribution in [1.82, 2.24) is 25.7 Å². The third kappa shape index (κ3) is 2.91. The van der Waals surface area contributed by atoms with Gasteiger partial charge in [0.15, 0.2) is 27.2 Å². The largest absolute Gasteiger partial charge is 0.337 e. The Bertz CT molecular complexity index is 1180. The van der Waals surface area contributed by atoms with Crippen molar-refractivity contribution < 1.29 is 8.42 Å². The summed E-state index contributed by atoms with van der Waals surface area (Å²) in [5.74, 6) is 0.485. The number of imidazole rings is 1. The van der Waals surface area contributed by atoms with Gasteiger partial charge in [-0.05, 0) is 24.3 Å². The molecular weight excluding hydrogens is 350 g/mol. The van der Waals surface area contributed by atoms with Crippen LogP contribution in [0.25, 0.3) is 33.8 Å². The molecule has 0 bridgehead atoms. The molecule has 0 saturated carbocycles. The minimum atomic E-state index is -3.26. The van der Waals surface area contributed by atoms with Crippen molar-refractivity contribution in [2.24, 2.45) is 0 Å². The lowest BCUT2D eigenvalue weighted by atomic mass is 10.1. The van der Waals surface area contributed by atoms with Crippen LogP contribution in [0.3, 0.4) is 0 Å². The maximum Gasteiger partial charge on any atom is 0.175 e. The molecule has 0 atom stereocenters. The zero-order valence-electron chi connectivity index (χ0n) is 13.8. The van der Waals surface area contributed by atoms with Crippen LogP contribution in [0.1, 0.15) is 0 Å². The van der Waals surface area contributed by atoms with Crippen LogP contribution in [-0.2, 0) is 9.84 Å². The van der Waals surface area contributed by atoms with Crippen LogP contribution in [0.2, 0.25) is 0 Å². The molecule has 0 aliphatic rings. The highest BCUT2D eigenvalue weighted by Gasteiger charge is 2.14. The highest BCUT2D eigenvalue weighted by Crippen LogP contribution is 2.27. The summed E-state index contributed by atoms with van der Waals surface area (Å²) in [6, 6.07) is 14.0. The van der Waals surface area contributed by atoms with E-state index in [9.17, 15) is 8.42 Å². The number of sulfone groups is 1. The maximum atomic E-state index is 11.6. The number of aromatic amines is 1. The second-order valence-electron chi connectivity index (χ2n) is 5.85. The molecule has 0 unspecified atom stereocenters. The highest BCUT2D eigenvalue weighted by atomic mass is 32.2. The first-order chi connectivity index (χ1) is 12.4. The third-order valence-corrected chi connectivity index (χ3v) is 5.09. The van der Waals surface area contributed by atoms with Gasteiger partial charge in [0, 0.05) is 11.8 Å². The summed E-state index contributed by atoms with van der Waals surface area (Å²) in [5.41, 5.74) is 11.3. The minimum Gasteiger partial charge on any atom is -0.337 e.